The van der Waals surface area contributed by atoms with E-state index in [1.54, 1.807) is 62.6 Å². The van der Waals surface area contributed by atoms with Gasteiger partial charge in [0.1, 0.15) is 24.1 Å². The number of rotatable bonds is 13. The lowest BCUT2D eigenvalue weighted by atomic mass is 10.1. The highest BCUT2D eigenvalue weighted by Gasteiger charge is 2.35. The van der Waals surface area contributed by atoms with E-state index in [1.807, 2.05) is 13.8 Å². The van der Waals surface area contributed by atoms with Crippen LogP contribution in [0.2, 0.25) is 5.02 Å². The van der Waals surface area contributed by atoms with Gasteiger partial charge in [0.15, 0.2) is 0 Å². The molecule has 0 fully saturated rings. The number of sulfonamides is 1. The summed E-state index contributed by atoms with van der Waals surface area (Å²) in [5, 5.41) is 3.14. The molecule has 3 aromatic carbocycles. The lowest BCUT2D eigenvalue weighted by molar-refractivity contribution is -0.140. The Balaban J connectivity index is 2.11. The zero-order valence-electron chi connectivity index (χ0n) is 23.8. The first-order chi connectivity index (χ1) is 19.5. The summed E-state index contributed by atoms with van der Waals surface area (Å²) in [5.74, 6) is -0.0484. The molecule has 1 N–H and O–H groups in total. The highest BCUT2D eigenvalue weighted by molar-refractivity contribution is 7.92. The summed E-state index contributed by atoms with van der Waals surface area (Å²) in [6.07, 6.45) is 0.312. The van der Waals surface area contributed by atoms with E-state index >= 15 is 0 Å². The van der Waals surface area contributed by atoms with Gasteiger partial charge in [-0.1, -0.05) is 48.9 Å². The fourth-order valence-corrected chi connectivity index (χ4v) is 5.92. The molecule has 41 heavy (non-hydrogen) atoms. The first-order valence-electron chi connectivity index (χ1n) is 13.2. The van der Waals surface area contributed by atoms with Gasteiger partial charge in [0.2, 0.25) is 11.8 Å². The predicted molar refractivity (Wildman–Crippen MR) is 160 cm³/mol. The topological polar surface area (TPSA) is 105 Å². The van der Waals surface area contributed by atoms with Crippen LogP contribution in [0.25, 0.3) is 0 Å². The number of anilines is 1. The largest absolute Gasteiger partial charge is 0.497 e. The van der Waals surface area contributed by atoms with Crippen molar-refractivity contribution in [2.45, 2.75) is 50.7 Å². The van der Waals surface area contributed by atoms with Gasteiger partial charge >= 0.3 is 0 Å². The van der Waals surface area contributed by atoms with Crippen LogP contribution in [0.1, 0.15) is 32.8 Å². The molecule has 0 spiro atoms. The highest BCUT2D eigenvalue weighted by atomic mass is 35.5. The molecule has 220 valence electrons. The van der Waals surface area contributed by atoms with Gasteiger partial charge in [-0.25, -0.2) is 8.42 Å². The lowest BCUT2D eigenvalue weighted by Gasteiger charge is -2.34. The summed E-state index contributed by atoms with van der Waals surface area (Å²) >= 11 is 6.27. The standard InChI is InChI=1S/C30H36ClN3O6S/c1-6-26(30(36)32-21(2)3)33(19-22-12-15-24(39-4)16-13-22)29(35)20-34(27-18-23(31)14-17-28(27)40-5)41(37,38)25-10-8-7-9-11-25/h7-18,21,26H,6,19-20H2,1-5H3,(H,32,36). The molecule has 0 aliphatic rings. The van der Waals surface area contributed by atoms with E-state index in [0.29, 0.717) is 12.2 Å². The van der Waals surface area contributed by atoms with Crippen LogP contribution < -0.4 is 19.1 Å². The van der Waals surface area contributed by atoms with E-state index in [-0.39, 0.29) is 39.8 Å². The molecular weight excluding hydrogens is 566 g/mol. The second kappa shape index (κ2) is 14.2. The van der Waals surface area contributed by atoms with Crippen molar-refractivity contribution in [3.8, 4) is 11.5 Å². The van der Waals surface area contributed by atoms with Gasteiger partial charge in [-0.15, -0.1) is 0 Å². The average molecular weight is 602 g/mol. The quantitative estimate of drug-likeness (QED) is 0.299. The number of carbonyl (C=O) groups excluding carboxylic acids is 2. The summed E-state index contributed by atoms with van der Waals surface area (Å²) in [4.78, 5) is 28.8. The molecule has 1 atom stereocenters. The minimum Gasteiger partial charge on any atom is -0.497 e. The number of benzene rings is 3. The van der Waals surface area contributed by atoms with Crippen molar-refractivity contribution in [3.63, 3.8) is 0 Å². The molecule has 1 unspecified atom stereocenters. The van der Waals surface area contributed by atoms with Crippen molar-refractivity contribution in [2.75, 3.05) is 25.1 Å². The maximum absolute atomic E-state index is 14.1. The molecule has 3 rings (SSSR count). The molecule has 11 heteroatoms. The zero-order valence-corrected chi connectivity index (χ0v) is 25.4. The second-order valence-corrected chi connectivity index (χ2v) is 11.9. The van der Waals surface area contributed by atoms with Gasteiger partial charge in [-0.3, -0.25) is 13.9 Å². The third-order valence-electron chi connectivity index (χ3n) is 6.35. The van der Waals surface area contributed by atoms with Gasteiger partial charge in [0.05, 0.1) is 24.8 Å². The third-order valence-corrected chi connectivity index (χ3v) is 8.36. The number of halogens is 1. The van der Waals surface area contributed by atoms with E-state index in [4.69, 9.17) is 21.1 Å². The maximum Gasteiger partial charge on any atom is 0.264 e. The van der Waals surface area contributed by atoms with Crippen LogP contribution in [0.5, 0.6) is 11.5 Å². The number of nitrogens with one attached hydrogen (secondary N) is 1. The van der Waals surface area contributed by atoms with Crippen molar-refractivity contribution in [1.29, 1.82) is 0 Å². The molecular formula is C30H36ClN3O6S. The van der Waals surface area contributed by atoms with Crippen LogP contribution in [0.15, 0.2) is 77.7 Å². The Labute approximate surface area is 247 Å². The highest BCUT2D eigenvalue weighted by Crippen LogP contribution is 2.35. The van der Waals surface area contributed by atoms with Gasteiger partial charge in [0, 0.05) is 17.6 Å². The minimum absolute atomic E-state index is 0.0128. The molecule has 0 radical (unpaired) electrons. The van der Waals surface area contributed by atoms with E-state index < -0.39 is 28.5 Å². The normalized spacial score (nSPS) is 12.0. The number of hydrogen-bond donors (Lipinski definition) is 1. The van der Waals surface area contributed by atoms with Gasteiger partial charge in [-0.05, 0) is 68.3 Å². The Morgan fingerprint density at radius 2 is 1.61 bits per heavy atom. The molecule has 3 aromatic rings. The summed E-state index contributed by atoms with van der Waals surface area (Å²) < 4.78 is 39.6. The number of amides is 2. The monoisotopic (exact) mass is 601 g/mol. The number of methoxy groups -OCH3 is 2. The Kier molecular flexibility index (Phi) is 11.0. The molecule has 0 aromatic heterocycles. The maximum atomic E-state index is 14.1. The molecule has 0 saturated heterocycles. The summed E-state index contributed by atoms with van der Waals surface area (Å²) in [5.41, 5.74) is 0.842. The zero-order chi connectivity index (χ0) is 30.2. The van der Waals surface area contributed by atoms with Crippen molar-refractivity contribution >= 4 is 39.1 Å². The van der Waals surface area contributed by atoms with Crippen molar-refractivity contribution in [3.05, 3.63) is 83.4 Å². The fraction of sp³-hybridized carbons (Fsp3) is 0.333. The van der Waals surface area contributed by atoms with E-state index in [9.17, 15) is 18.0 Å². The Hall–Kier alpha value is -3.76. The molecule has 9 nitrogen and oxygen atoms in total. The number of ether oxygens (including phenoxy) is 2. The smallest absolute Gasteiger partial charge is 0.264 e. The number of hydrogen-bond acceptors (Lipinski definition) is 6. The van der Waals surface area contributed by atoms with Crippen molar-refractivity contribution < 1.29 is 27.5 Å². The Morgan fingerprint density at radius 1 is 0.951 bits per heavy atom. The van der Waals surface area contributed by atoms with E-state index in [1.165, 1.54) is 36.3 Å². The molecule has 0 aliphatic carbocycles. The summed E-state index contributed by atoms with van der Waals surface area (Å²) in [6, 6.07) is 18.4. The van der Waals surface area contributed by atoms with Crippen molar-refractivity contribution in [1.82, 2.24) is 10.2 Å². The number of nitrogens with zero attached hydrogens (tertiary/aromatic N) is 2. The van der Waals surface area contributed by atoms with Crippen LogP contribution in [-0.2, 0) is 26.2 Å². The van der Waals surface area contributed by atoms with E-state index in [0.717, 1.165) is 9.87 Å². The molecule has 2 amide bonds. The summed E-state index contributed by atoms with van der Waals surface area (Å²) in [7, 11) is -1.30. The van der Waals surface area contributed by atoms with Crippen LogP contribution in [0.4, 0.5) is 5.69 Å². The third kappa shape index (κ3) is 7.92. The van der Waals surface area contributed by atoms with Crippen LogP contribution >= 0.6 is 11.6 Å². The average Bonchev–Trinajstić information content (AvgIpc) is 2.96. The van der Waals surface area contributed by atoms with Crippen LogP contribution in [0, 0.1) is 0 Å². The van der Waals surface area contributed by atoms with Crippen LogP contribution in [0.3, 0.4) is 0 Å². The van der Waals surface area contributed by atoms with Gasteiger partial charge in [0.25, 0.3) is 10.0 Å². The molecule has 0 saturated carbocycles. The Morgan fingerprint density at radius 3 is 2.17 bits per heavy atom. The van der Waals surface area contributed by atoms with Gasteiger partial charge in [-0.2, -0.15) is 0 Å². The SMILES string of the molecule is CCC(C(=O)NC(C)C)N(Cc1ccc(OC)cc1)C(=O)CN(c1cc(Cl)ccc1OC)S(=O)(=O)c1ccccc1. The van der Waals surface area contributed by atoms with Gasteiger partial charge < -0.3 is 19.7 Å². The summed E-state index contributed by atoms with van der Waals surface area (Å²) in [6.45, 7) is 4.94. The second-order valence-electron chi connectivity index (χ2n) is 9.60. The molecule has 0 heterocycles. The fourth-order valence-electron chi connectivity index (χ4n) is 4.32. The Bertz CT molecular complexity index is 1430. The van der Waals surface area contributed by atoms with E-state index in [2.05, 4.69) is 5.32 Å². The first kappa shape index (κ1) is 31.8. The van der Waals surface area contributed by atoms with Crippen LogP contribution in [-0.4, -0.2) is 58.0 Å². The lowest BCUT2D eigenvalue weighted by Crippen LogP contribution is -2.53. The van der Waals surface area contributed by atoms with Crippen molar-refractivity contribution in [2.24, 2.45) is 0 Å². The minimum atomic E-state index is -4.26. The first-order valence-corrected chi connectivity index (χ1v) is 15.0. The molecule has 0 aliphatic heterocycles. The predicted octanol–water partition coefficient (Wildman–Crippen LogP) is 4.88. The number of carbonyl (C=O) groups is 2. The molecule has 0 bridgehead atoms.